The highest BCUT2D eigenvalue weighted by Gasteiger charge is 2.22. The minimum Gasteiger partial charge on any atom is -0.338 e. The van der Waals surface area contributed by atoms with Crippen LogP contribution < -0.4 is 0 Å². The van der Waals surface area contributed by atoms with Gasteiger partial charge in [-0.3, -0.25) is 4.98 Å². The molecule has 3 aromatic heterocycles. The largest absolute Gasteiger partial charge is 0.338 e. The zero-order valence-corrected chi connectivity index (χ0v) is 17.7. The highest BCUT2D eigenvalue weighted by molar-refractivity contribution is 7.98. The van der Waals surface area contributed by atoms with Crippen LogP contribution in [0.3, 0.4) is 0 Å². The van der Waals surface area contributed by atoms with Crippen molar-refractivity contribution in [2.75, 3.05) is 13.1 Å². The molecule has 10 heteroatoms. The number of aromatic nitrogens is 5. The second kappa shape index (κ2) is 8.05. The van der Waals surface area contributed by atoms with Crippen molar-refractivity contribution in [1.82, 2.24) is 29.5 Å². The molecule has 0 radical (unpaired) electrons. The third kappa shape index (κ3) is 3.83. The van der Waals surface area contributed by atoms with E-state index < -0.39 is 10.0 Å². The van der Waals surface area contributed by atoms with E-state index in [1.807, 2.05) is 26.0 Å². The highest BCUT2D eigenvalue weighted by atomic mass is 32.2. The van der Waals surface area contributed by atoms with Gasteiger partial charge < -0.3 is 4.98 Å². The highest BCUT2D eigenvalue weighted by Crippen LogP contribution is 2.28. The van der Waals surface area contributed by atoms with Gasteiger partial charge in [-0.2, -0.15) is 4.31 Å². The molecule has 0 saturated carbocycles. The molecule has 150 valence electrons. The maximum atomic E-state index is 12.8. The summed E-state index contributed by atoms with van der Waals surface area (Å²) in [4.78, 5) is 12.1. The molecule has 0 amide bonds. The lowest BCUT2D eigenvalue weighted by Crippen LogP contribution is -2.30. The topological polar surface area (TPSA) is 105 Å². The number of nitrogens with zero attached hydrogens (tertiary/aromatic N) is 5. The van der Waals surface area contributed by atoms with Crippen LogP contribution in [0, 0.1) is 0 Å². The number of rotatable bonds is 7. The van der Waals surface area contributed by atoms with Crippen molar-refractivity contribution in [2.45, 2.75) is 29.7 Å². The number of H-pyrrole nitrogens is 1. The molecule has 4 aromatic rings. The number of nitrogens with one attached hydrogen (secondary N) is 1. The third-order valence-electron chi connectivity index (χ3n) is 4.60. The van der Waals surface area contributed by atoms with Gasteiger partial charge >= 0.3 is 0 Å². The van der Waals surface area contributed by atoms with E-state index in [0.717, 1.165) is 11.1 Å². The Balaban J connectivity index is 1.68. The SMILES string of the molecule is CCN(CC)S(=O)(=O)c1ccc2[nH]c3nc(SCc4cccnc4)nnc3c2c1. The van der Waals surface area contributed by atoms with Gasteiger partial charge in [0.1, 0.15) is 5.52 Å². The quantitative estimate of drug-likeness (QED) is 0.451. The Hall–Kier alpha value is -2.56. The van der Waals surface area contributed by atoms with Crippen LogP contribution in [-0.2, 0) is 15.8 Å². The maximum absolute atomic E-state index is 12.8. The molecule has 0 spiro atoms. The second-order valence-corrected chi connectivity index (χ2v) is 9.24. The Kier molecular flexibility index (Phi) is 5.48. The lowest BCUT2D eigenvalue weighted by molar-refractivity contribution is 0.445. The normalized spacial score (nSPS) is 12.2. The van der Waals surface area contributed by atoms with Crippen molar-refractivity contribution >= 4 is 43.9 Å². The minimum absolute atomic E-state index is 0.242. The van der Waals surface area contributed by atoms with Gasteiger partial charge in [0.15, 0.2) is 5.65 Å². The number of benzene rings is 1. The summed E-state index contributed by atoms with van der Waals surface area (Å²) in [5.74, 6) is 0.688. The number of hydrogen-bond acceptors (Lipinski definition) is 7. The molecule has 0 aliphatic heterocycles. The Bertz CT molecular complexity index is 1250. The fourth-order valence-corrected chi connectivity index (χ4v) is 5.31. The zero-order valence-electron chi connectivity index (χ0n) is 16.0. The Morgan fingerprint density at radius 1 is 1.14 bits per heavy atom. The molecule has 0 aliphatic carbocycles. The Labute approximate surface area is 172 Å². The molecule has 0 saturated heterocycles. The maximum Gasteiger partial charge on any atom is 0.243 e. The van der Waals surface area contributed by atoms with Crippen molar-refractivity contribution < 1.29 is 8.42 Å². The van der Waals surface area contributed by atoms with E-state index in [1.165, 1.54) is 16.1 Å². The first-order valence-electron chi connectivity index (χ1n) is 9.21. The van der Waals surface area contributed by atoms with E-state index in [-0.39, 0.29) is 4.90 Å². The van der Waals surface area contributed by atoms with E-state index in [9.17, 15) is 8.42 Å². The zero-order chi connectivity index (χ0) is 20.4. The Morgan fingerprint density at radius 3 is 2.69 bits per heavy atom. The molecule has 0 unspecified atom stereocenters. The van der Waals surface area contributed by atoms with Crippen LogP contribution in [0.4, 0.5) is 0 Å². The summed E-state index contributed by atoms with van der Waals surface area (Å²) in [7, 11) is -3.55. The van der Waals surface area contributed by atoms with Crippen LogP contribution in [0.5, 0.6) is 0 Å². The molecule has 0 bridgehead atoms. The van der Waals surface area contributed by atoms with Crippen LogP contribution in [0.25, 0.3) is 22.1 Å². The first kappa shape index (κ1) is 19.7. The molecule has 0 atom stereocenters. The number of sulfonamides is 1. The fourth-order valence-electron chi connectivity index (χ4n) is 3.10. The molecule has 3 heterocycles. The molecular weight excluding hydrogens is 408 g/mol. The van der Waals surface area contributed by atoms with Crippen LogP contribution in [-0.4, -0.2) is 51.0 Å². The van der Waals surface area contributed by atoms with Gasteiger partial charge in [-0.15, -0.1) is 10.2 Å². The summed E-state index contributed by atoms with van der Waals surface area (Å²) < 4.78 is 27.1. The van der Waals surface area contributed by atoms with Crippen molar-refractivity contribution in [3.05, 3.63) is 48.3 Å². The smallest absolute Gasteiger partial charge is 0.243 e. The fraction of sp³-hybridized carbons (Fsp3) is 0.263. The van der Waals surface area contributed by atoms with E-state index >= 15 is 0 Å². The van der Waals surface area contributed by atoms with Crippen LogP contribution in [0.2, 0.25) is 0 Å². The number of pyridine rings is 1. The molecule has 1 N–H and O–H groups in total. The third-order valence-corrected chi connectivity index (χ3v) is 7.56. The van der Waals surface area contributed by atoms with Crippen molar-refractivity contribution in [2.24, 2.45) is 0 Å². The molecule has 29 heavy (non-hydrogen) atoms. The van der Waals surface area contributed by atoms with E-state index in [2.05, 4.69) is 25.1 Å². The van der Waals surface area contributed by atoms with Crippen molar-refractivity contribution in [3.8, 4) is 0 Å². The molecule has 0 aliphatic rings. The van der Waals surface area contributed by atoms with Crippen LogP contribution in [0.15, 0.2) is 52.8 Å². The standard InChI is InChI=1S/C19H20N6O2S2/c1-3-25(4-2)29(26,27)14-7-8-16-15(10-14)17-18(21-16)22-19(24-23-17)28-12-13-6-5-9-20-11-13/h5-11H,3-4,12H2,1-2H3,(H,21,22,24). The number of fused-ring (bicyclic) bond motifs is 3. The summed E-state index contributed by atoms with van der Waals surface area (Å²) in [5, 5.41) is 9.74. The van der Waals surface area contributed by atoms with Gasteiger partial charge in [-0.1, -0.05) is 31.7 Å². The molecule has 8 nitrogen and oxygen atoms in total. The summed E-state index contributed by atoms with van der Waals surface area (Å²) in [6.07, 6.45) is 3.54. The molecule has 1 aromatic carbocycles. The van der Waals surface area contributed by atoms with Crippen LogP contribution >= 0.6 is 11.8 Å². The number of thioether (sulfide) groups is 1. The summed E-state index contributed by atoms with van der Waals surface area (Å²) in [6.45, 7) is 4.49. The van der Waals surface area contributed by atoms with E-state index in [0.29, 0.717) is 40.5 Å². The summed E-state index contributed by atoms with van der Waals surface area (Å²) in [6, 6.07) is 8.88. The second-order valence-electron chi connectivity index (χ2n) is 6.36. The average Bonchev–Trinajstić information content (AvgIpc) is 3.10. The number of hydrogen-bond donors (Lipinski definition) is 1. The molecule has 0 fully saturated rings. The number of aromatic amines is 1. The van der Waals surface area contributed by atoms with E-state index in [1.54, 1.807) is 30.6 Å². The predicted octanol–water partition coefficient (Wildman–Crippen LogP) is 3.22. The lowest BCUT2D eigenvalue weighted by atomic mass is 10.2. The molecular formula is C19H20N6O2S2. The minimum atomic E-state index is -3.55. The van der Waals surface area contributed by atoms with Crippen molar-refractivity contribution in [1.29, 1.82) is 0 Å². The lowest BCUT2D eigenvalue weighted by Gasteiger charge is -2.18. The summed E-state index contributed by atoms with van der Waals surface area (Å²) >= 11 is 1.47. The summed E-state index contributed by atoms with van der Waals surface area (Å²) in [5.41, 5.74) is 2.99. The van der Waals surface area contributed by atoms with Crippen LogP contribution in [0.1, 0.15) is 19.4 Å². The first-order valence-corrected chi connectivity index (χ1v) is 11.6. The Morgan fingerprint density at radius 2 is 1.97 bits per heavy atom. The van der Waals surface area contributed by atoms with Gasteiger partial charge in [0.05, 0.1) is 4.90 Å². The van der Waals surface area contributed by atoms with E-state index in [4.69, 9.17) is 0 Å². The van der Waals surface area contributed by atoms with Gasteiger partial charge in [0.25, 0.3) is 0 Å². The van der Waals surface area contributed by atoms with Gasteiger partial charge in [-0.25, -0.2) is 13.4 Å². The van der Waals surface area contributed by atoms with Gasteiger partial charge in [0, 0.05) is 42.1 Å². The average molecular weight is 429 g/mol. The monoisotopic (exact) mass is 428 g/mol. The predicted molar refractivity (Wildman–Crippen MR) is 113 cm³/mol. The first-order chi connectivity index (χ1) is 14.0. The van der Waals surface area contributed by atoms with Gasteiger partial charge in [0.2, 0.25) is 15.2 Å². The molecule has 4 rings (SSSR count). The van der Waals surface area contributed by atoms with Gasteiger partial charge in [-0.05, 0) is 29.8 Å². The van der Waals surface area contributed by atoms with Crippen molar-refractivity contribution in [3.63, 3.8) is 0 Å².